The van der Waals surface area contributed by atoms with Crippen molar-refractivity contribution in [1.29, 1.82) is 0 Å². The Bertz CT molecular complexity index is 801. The van der Waals surface area contributed by atoms with Gasteiger partial charge in [-0.25, -0.2) is 4.39 Å². The molecule has 1 aliphatic rings. The molecule has 3 rings (SSSR count). The second-order valence-electron chi connectivity index (χ2n) is 7.05. The summed E-state index contributed by atoms with van der Waals surface area (Å²) in [5, 5.41) is 0. The average molecular weight is 370 g/mol. The lowest BCUT2D eigenvalue weighted by Crippen LogP contribution is -2.52. The molecule has 2 aromatic rings. The van der Waals surface area contributed by atoms with Crippen LogP contribution in [0, 0.1) is 19.7 Å². The first-order valence-corrected chi connectivity index (χ1v) is 9.51. The van der Waals surface area contributed by atoms with Gasteiger partial charge in [0.2, 0.25) is 0 Å². The molecule has 1 saturated heterocycles. The van der Waals surface area contributed by atoms with Gasteiger partial charge in [0.15, 0.2) is 6.10 Å². The highest BCUT2D eigenvalue weighted by Gasteiger charge is 2.28. The highest BCUT2D eigenvalue weighted by atomic mass is 19.1. The number of halogens is 1. The third-order valence-electron chi connectivity index (χ3n) is 5.03. The number of carbonyl (C=O) groups is 1. The SMILES string of the molecule is CC[C@@H](Oc1ccc(C)cc1C)C(=O)N1CCN(c2ccccc2F)CC1. The Kier molecular flexibility index (Phi) is 5.99. The first-order valence-electron chi connectivity index (χ1n) is 9.51. The average Bonchev–Trinajstić information content (AvgIpc) is 2.67. The quantitative estimate of drug-likeness (QED) is 0.799. The second kappa shape index (κ2) is 8.42. The molecule has 144 valence electrons. The third-order valence-corrected chi connectivity index (χ3v) is 5.03. The third kappa shape index (κ3) is 4.41. The second-order valence-corrected chi connectivity index (χ2v) is 7.05. The van der Waals surface area contributed by atoms with Gasteiger partial charge in [0.1, 0.15) is 11.6 Å². The summed E-state index contributed by atoms with van der Waals surface area (Å²) in [4.78, 5) is 16.7. The van der Waals surface area contributed by atoms with Crippen LogP contribution < -0.4 is 9.64 Å². The predicted molar refractivity (Wildman–Crippen MR) is 106 cm³/mol. The van der Waals surface area contributed by atoms with Crippen LogP contribution in [-0.2, 0) is 4.79 Å². The molecule has 5 heteroatoms. The number of hydrogen-bond donors (Lipinski definition) is 0. The van der Waals surface area contributed by atoms with Gasteiger partial charge in [-0.3, -0.25) is 4.79 Å². The number of nitrogens with zero attached hydrogens (tertiary/aromatic N) is 2. The molecule has 1 heterocycles. The first kappa shape index (κ1) is 19.2. The lowest BCUT2D eigenvalue weighted by atomic mass is 10.1. The Hall–Kier alpha value is -2.56. The summed E-state index contributed by atoms with van der Waals surface area (Å²) >= 11 is 0. The van der Waals surface area contributed by atoms with Gasteiger partial charge in [0.05, 0.1) is 5.69 Å². The van der Waals surface area contributed by atoms with E-state index in [2.05, 4.69) is 6.07 Å². The summed E-state index contributed by atoms with van der Waals surface area (Å²) < 4.78 is 20.0. The normalized spacial score (nSPS) is 15.6. The fraction of sp³-hybridized carbons (Fsp3) is 0.409. The van der Waals surface area contributed by atoms with Crippen molar-refractivity contribution < 1.29 is 13.9 Å². The molecule has 0 bridgehead atoms. The maximum Gasteiger partial charge on any atom is 0.263 e. The summed E-state index contributed by atoms with van der Waals surface area (Å²) in [5.41, 5.74) is 2.80. The number of ether oxygens (including phenoxy) is 1. The zero-order valence-corrected chi connectivity index (χ0v) is 16.2. The molecular weight excluding hydrogens is 343 g/mol. The molecule has 1 amide bonds. The van der Waals surface area contributed by atoms with E-state index in [0.717, 1.165) is 11.3 Å². The molecule has 0 spiro atoms. The Balaban J connectivity index is 1.62. The monoisotopic (exact) mass is 370 g/mol. The van der Waals surface area contributed by atoms with E-state index in [1.807, 2.05) is 48.8 Å². The molecular formula is C22H27FN2O2. The summed E-state index contributed by atoms with van der Waals surface area (Å²) in [5.74, 6) is 0.540. The number of piperazine rings is 1. The van der Waals surface area contributed by atoms with Crippen LogP contribution in [-0.4, -0.2) is 43.1 Å². The van der Waals surface area contributed by atoms with Crippen molar-refractivity contribution in [3.8, 4) is 5.75 Å². The minimum Gasteiger partial charge on any atom is -0.480 e. The van der Waals surface area contributed by atoms with Crippen molar-refractivity contribution in [3.63, 3.8) is 0 Å². The van der Waals surface area contributed by atoms with E-state index in [9.17, 15) is 9.18 Å². The highest BCUT2D eigenvalue weighted by molar-refractivity contribution is 5.81. The van der Waals surface area contributed by atoms with Gasteiger partial charge in [0.25, 0.3) is 5.91 Å². The predicted octanol–water partition coefficient (Wildman–Crippen LogP) is 3.95. The zero-order chi connectivity index (χ0) is 19.4. The summed E-state index contributed by atoms with van der Waals surface area (Å²) in [6, 6.07) is 12.8. The van der Waals surface area contributed by atoms with Crippen LogP contribution in [0.1, 0.15) is 24.5 Å². The van der Waals surface area contributed by atoms with Gasteiger partial charge >= 0.3 is 0 Å². The van der Waals surface area contributed by atoms with Crippen LogP contribution in [0.15, 0.2) is 42.5 Å². The van der Waals surface area contributed by atoms with E-state index in [4.69, 9.17) is 4.74 Å². The number of anilines is 1. The van der Waals surface area contributed by atoms with E-state index in [-0.39, 0.29) is 11.7 Å². The maximum atomic E-state index is 14.0. The Labute approximate surface area is 160 Å². The fourth-order valence-electron chi connectivity index (χ4n) is 3.47. The van der Waals surface area contributed by atoms with Crippen molar-refractivity contribution in [1.82, 2.24) is 4.90 Å². The minimum atomic E-state index is -0.494. The molecule has 0 radical (unpaired) electrons. The fourth-order valence-corrected chi connectivity index (χ4v) is 3.47. The van der Waals surface area contributed by atoms with Gasteiger partial charge < -0.3 is 14.5 Å². The van der Waals surface area contributed by atoms with Crippen LogP contribution in [0.4, 0.5) is 10.1 Å². The van der Waals surface area contributed by atoms with Crippen molar-refractivity contribution in [2.24, 2.45) is 0 Å². The van der Waals surface area contributed by atoms with E-state index in [1.54, 1.807) is 12.1 Å². The number of aryl methyl sites for hydroxylation is 2. The van der Waals surface area contributed by atoms with Gasteiger partial charge in [-0.2, -0.15) is 0 Å². The maximum absolute atomic E-state index is 14.0. The van der Waals surface area contributed by atoms with Crippen LogP contribution in [0.3, 0.4) is 0 Å². The summed E-state index contributed by atoms with van der Waals surface area (Å²) in [7, 11) is 0. The van der Waals surface area contributed by atoms with Crippen LogP contribution in [0.5, 0.6) is 5.75 Å². The molecule has 2 aromatic carbocycles. The van der Waals surface area contributed by atoms with Crippen molar-refractivity contribution in [2.75, 3.05) is 31.1 Å². The largest absolute Gasteiger partial charge is 0.480 e. The van der Waals surface area contributed by atoms with Crippen molar-refractivity contribution in [2.45, 2.75) is 33.3 Å². The zero-order valence-electron chi connectivity index (χ0n) is 16.2. The molecule has 1 atom stereocenters. The lowest BCUT2D eigenvalue weighted by molar-refractivity contribution is -0.139. The van der Waals surface area contributed by atoms with Gasteiger partial charge in [-0.05, 0) is 44.0 Å². The van der Waals surface area contributed by atoms with Crippen molar-refractivity contribution in [3.05, 3.63) is 59.4 Å². The minimum absolute atomic E-state index is 0.00524. The van der Waals surface area contributed by atoms with Gasteiger partial charge in [-0.15, -0.1) is 0 Å². The van der Waals surface area contributed by atoms with Crippen LogP contribution >= 0.6 is 0 Å². The number of rotatable bonds is 5. The first-order chi connectivity index (χ1) is 13.0. The summed E-state index contributed by atoms with van der Waals surface area (Å²) in [6.07, 6.45) is 0.117. The lowest BCUT2D eigenvalue weighted by Gasteiger charge is -2.37. The topological polar surface area (TPSA) is 32.8 Å². The Morgan fingerprint density at radius 2 is 1.81 bits per heavy atom. The molecule has 27 heavy (non-hydrogen) atoms. The van der Waals surface area contributed by atoms with Crippen LogP contribution in [0.25, 0.3) is 0 Å². The number of carbonyl (C=O) groups excluding carboxylic acids is 1. The van der Waals surface area contributed by atoms with Gasteiger partial charge in [0, 0.05) is 26.2 Å². The van der Waals surface area contributed by atoms with E-state index in [1.165, 1.54) is 11.6 Å². The van der Waals surface area contributed by atoms with E-state index < -0.39 is 6.10 Å². The molecule has 0 aliphatic carbocycles. The Morgan fingerprint density at radius 3 is 2.44 bits per heavy atom. The molecule has 0 saturated carbocycles. The standard InChI is InChI=1S/C22H27FN2O2/c1-4-20(27-21-10-9-16(2)15-17(21)3)22(26)25-13-11-24(12-14-25)19-8-6-5-7-18(19)23/h5-10,15,20H,4,11-14H2,1-3H3/t20-/m1/s1. The van der Waals surface area contributed by atoms with Crippen LogP contribution in [0.2, 0.25) is 0 Å². The number of para-hydroxylation sites is 1. The number of hydrogen-bond acceptors (Lipinski definition) is 3. The van der Waals surface area contributed by atoms with Crippen molar-refractivity contribution >= 4 is 11.6 Å². The molecule has 0 unspecified atom stereocenters. The van der Waals surface area contributed by atoms with E-state index in [0.29, 0.717) is 38.3 Å². The van der Waals surface area contributed by atoms with E-state index >= 15 is 0 Å². The molecule has 0 aromatic heterocycles. The molecule has 0 N–H and O–H groups in total. The molecule has 1 fully saturated rings. The summed E-state index contributed by atoms with van der Waals surface area (Å²) in [6.45, 7) is 8.36. The highest BCUT2D eigenvalue weighted by Crippen LogP contribution is 2.23. The number of amides is 1. The smallest absolute Gasteiger partial charge is 0.263 e. The number of benzene rings is 2. The van der Waals surface area contributed by atoms with Gasteiger partial charge in [-0.1, -0.05) is 36.8 Å². The Morgan fingerprint density at radius 1 is 1.11 bits per heavy atom. The molecule has 1 aliphatic heterocycles. The molecule has 4 nitrogen and oxygen atoms in total.